The van der Waals surface area contributed by atoms with Gasteiger partial charge in [-0.25, -0.2) is 0 Å². The topological polar surface area (TPSA) is 29.3 Å². The molecule has 0 aliphatic rings. The van der Waals surface area contributed by atoms with Crippen LogP contribution < -0.4 is 4.90 Å². The highest BCUT2D eigenvalue weighted by Crippen LogP contribution is 2.21. The third-order valence-electron chi connectivity index (χ3n) is 2.63. The summed E-state index contributed by atoms with van der Waals surface area (Å²) < 4.78 is 5.55. The van der Waals surface area contributed by atoms with Gasteiger partial charge in [0.25, 0.3) is 0 Å². The zero-order valence-electron chi connectivity index (χ0n) is 9.98. The van der Waals surface area contributed by atoms with Gasteiger partial charge in [-0.1, -0.05) is 0 Å². The highest BCUT2D eigenvalue weighted by atomic mass is 35.5. The Labute approximate surface area is 106 Å². The van der Waals surface area contributed by atoms with E-state index in [2.05, 4.69) is 9.88 Å². The number of aryl methyl sites for hydroxylation is 1. The fraction of sp³-hybridized carbons (Fsp3) is 0.308. The van der Waals surface area contributed by atoms with E-state index in [-0.39, 0.29) is 0 Å². The molecule has 2 aromatic rings. The fourth-order valence-corrected chi connectivity index (χ4v) is 1.99. The number of pyridine rings is 1. The van der Waals surface area contributed by atoms with E-state index in [0.29, 0.717) is 12.4 Å². The number of aromatic nitrogens is 1. The minimum Gasteiger partial charge on any atom is -0.464 e. The molecule has 2 aromatic heterocycles. The van der Waals surface area contributed by atoms with Crippen LogP contribution in [0.3, 0.4) is 0 Å². The van der Waals surface area contributed by atoms with E-state index in [4.69, 9.17) is 16.0 Å². The molecule has 0 N–H and O–H groups in total. The largest absolute Gasteiger partial charge is 0.464 e. The van der Waals surface area contributed by atoms with E-state index < -0.39 is 0 Å². The Morgan fingerprint density at radius 2 is 2.18 bits per heavy atom. The number of hydrogen-bond donors (Lipinski definition) is 0. The lowest BCUT2D eigenvalue weighted by molar-refractivity contribution is 0.481. The smallest absolute Gasteiger partial charge is 0.123 e. The molecular weight excluding hydrogens is 236 g/mol. The number of halogens is 1. The third kappa shape index (κ3) is 2.80. The second-order valence-electron chi connectivity index (χ2n) is 4.01. The fourth-order valence-electron chi connectivity index (χ4n) is 1.76. The summed E-state index contributed by atoms with van der Waals surface area (Å²) >= 11 is 5.91. The zero-order chi connectivity index (χ0) is 12.3. The Morgan fingerprint density at radius 3 is 2.82 bits per heavy atom. The van der Waals surface area contributed by atoms with Crippen LogP contribution >= 0.6 is 11.6 Å². The Hall–Kier alpha value is -1.48. The van der Waals surface area contributed by atoms with E-state index in [1.807, 2.05) is 38.4 Å². The Balaban J connectivity index is 2.16. The van der Waals surface area contributed by atoms with Crippen LogP contribution in [0.1, 0.15) is 17.1 Å². The van der Waals surface area contributed by atoms with Gasteiger partial charge in [0, 0.05) is 19.1 Å². The van der Waals surface area contributed by atoms with Crippen molar-refractivity contribution in [3.05, 3.63) is 47.7 Å². The maximum Gasteiger partial charge on any atom is 0.123 e. The normalized spacial score (nSPS) is 10.5. The first-order valence-electron chi connectivity index (χ1n) is 5.46. The van der Waals surface area contributed by atoms with Gasteiger partial charge in [0.05, 0.1) is 18.4 Å². The summed E-state index contributed by atoms with van der Waals surface area (Å²) in [6.45, 7) is 2.65. The highest BCUT2D eigenvalue weighted by molar-refractivity contribution is 6.17. The van der Waals surface area contributed by atoms with Crippen LogP contribution in [-0.2, 0) is 12.4 Å². The maximum atomic E-state index is 5.91. The Bertz CT molecular complexity index is 496. The summed E-state index contributed by atoms with van der Waals surface area (Å²) in [4.78, 5) is 6.22. The second kappa shape index (κ2) is 5.23. The number of furan rings is 1. The van der Waals surface area contributed by atoms with Crippen LogP contribution in [0, 0.1) is 6.92 Å². The summed E-state index contributed by atoms with van der Waals surface area (Å²) in [5.74, 6) is 2.35. The molecule has 0 aliphatic heterocycles. The summed E-state index contributed by atoms with van der Waals surface area (Å²) in [6.07, 6.45) is 3.58. The van der Waals surface area contributed by atoms with E-state index >= 15 is 0 Å². The molecular formula is C13H15ClN2O. The SMILES string of the molecule is Cc1ccc(CN(C)c2cnccc2CCl)o1. The Kier molecular flexibility index (Phi) is 3.69. The van der Waals surface area contributed by atoms with Gasteiger partial charge in [-0.3, -0.25) is 4.98 Å². The first kappa shape index (κ1) is 12.0. The molecule has 0 aromatic carbocycles. The number of alkyl halides is 1. The van der Waals surface area contributed by atoms with Crippen molar-refractivity contribution >= 4 is 17.3 Å². The predicted molar refractivity (Wildman–Crippen MR) is 69.3 cm³/mol. The molecule has 4 heteroatoms. The molecule has 0 atom stereocenters. The first-order chi connectivity index (χ1) is 8.20. The molecule has 3 nitrogen and oxygen atoms in total. The lowest BCUT2D eigenvalue weighted by Gasteiger charge is -2.20. The van der Waals surface area contributed by atoms with Crippen molar-refractivity contribution < 1.29 is 4.42 Å². The number of rotatable bonds is 4. The van der Waals surface area contributed by atoms with Gasteiger partial charge in [0.1, 0.15) is 11.5 Å². The first-order valence-corrected chi connectivity index (χ1v) is 5.99. The van der Waals surface area contributed by atoms with Crippen LogP contribution in [0.5, 0.6) is 0 Å². The molecule has 0 aliphatic carbocycles. The van der Waals surface area contributed by atoms with Crippen LogP contribution in [0.2, 0.25) is 0 Å². The third-order valence-corrected chi connectivity index (χ3v) is 2.92. The van der Waals surface area contributed by atoms with Crippen molar-refractivity contribution in [1.82, 2.24) is 4.98 Å². The van der Waals surface area contributed by atoms with Gasteiger partial charge in [0.2, 0.25) is 0 Å². The molecule has 0 bridgehead atoms. The van der Waals surface area contributed by atoms with Crippen LogP contribution in [0.15, 0.2) is 35.0 Å². The number of hydrogen-bond acceptors (Lipinski definition) is 3. The predicted octanol–water partition coefficient (Wildman–Crippen LogP) is 3.36. The maximum absolute atomic E-state index is 5.91. The molecule has 0 amide bonds. The quantitative estimate of drug-likeness (QED) is 0.780. The summed E-state index contributed by atoms with van der Waals surface area (Å²) in [6, 6.07) is 5.89. The lowest BCUT2D eigenvalue weighted by Crippen LogP contribution is -2.17. The van der Waals surface area contributed by atoms with Crippen molar-refractivity contribution in [1.29, 1.82) is 0 Å². The Morgan fingerprint density at radius 1 is 1.35 bits per heavy atom. The van der Waals surface area contributed by atoms with Gasteiger partial charge in [-0.2, -0.15) is 0 Å². The second-order valence-corrected chi connectivity index (χ2v) is 4.27. The molecule has 2 heterocycles. The molecule has 0 saturated carbocycles. The van der Waals surface area contributed by atoms with E-state index in [1.54, 1.807) is 6.20 Å². The molecule has 2 rings (SSSR count). The van der Waals surface area contributed by atoms with Crippen LogP contribution in [0.25, 0.3) is 0 Å². The minimum atomic E-state index is 0.485. The molecule has 0 radical (unpaired) electrons. The van der Waals surface area contributed by atoms with Crippen molar-refractivity contribution in [3.8, 4) is 0 Å². The standard InChI is InChI=1S/C13H15ClN2O/c1-10-3-4-12(17-10)9-16(2)13-8-15-6-5-11(13)7-14/h3-6,8H,7,9H2,1-2H3. The molecule has 90 valence electrons. The number of nitrogens with zero attached hydrogens (tertiary/aromatic N) is 2. The molecule has 0 saturated heterocycles. The van der Waals surface area contributed by atoms with Crippen LogP contribution in [0.4, 0.5) is 5.69 Å². The average Bonchev–Trinajstić information content (AvgIpc) is 2.74. The monoisotopic (exact) mass is 250 g/mol. The van der Waals surface area contributed by atoms with Crippen molar-refractivity contribution in [2.24, 2.45) is 0 Å². The number of anilines is 1. The van der Waals surface area contributed by atoms with Gasteiger partial charge < -0.3 is 9.32 Å². The average molecular weight is 251 g/mol. The van der Waals surface area contributed by atoms with Gasteiger partial charge in [-0.05, 0) is 30.7 Å². The van der Waals surface area contributed by atoms with E-state index in [9.17, 15) is 0 Å². The van der Waals surface area contributed by atoms with Gasteiger partial charge in [-0.15, -0.1) is 11.6 Å². The summed E-state index contributed by atoms with van der Waals surface area (Å²) in [5.41, 5.74) is 2.11. The van der Waals surface area contributed by atoms with Crippen molar-refractivity contribution in [2.75, 3.05) is 11.9 Å². The molecule has 17 heavy (non-hydrogen) atoms. The van der Waals surface area contributed by atoms with Gasteiger partial charge in [0.15, 0.2) is 0 Å². The zero-order valence-corrected chi connectivity index (χ0v) is 10.7. The molecule has 0 unspecified atom stereocenters. The van der Waals surface area contributed by atoms with Gasteiger partial charge >= 0.3 is 0 Å². The minimum absolute atomic E-state index is 0.485. The lowest BCUT2D eigenvalue weighted by atomic mass is 10.2. The van der Waals surface area contributed by atoms with E-state index in [1.165, 1.54) is 0 Å². The summed E-state index contributed by atoms with van der Waals surface area (Å²) in [7, 11) is 2.00. The van der Waals surface area contributed by atoms with Crippen LogP contribution in [-0.4, -0.2) is 12.0 Å². The van der Waals surface area contributed by atoms with Crippen molar-refractivity contribution in [3.63, 3.8) is 0 Å². The molecule has 0 fully saturated rings. The summed E-state index contributed by atoms with van der Waals surface area (Å²) in [5, 5.41) is 0. The highest BCUT2D eigenvalue weighted by Gasteiger charge is 2.09. The van der Waals surface area contributed by atoms with Crippen molar-refractivity contribution in [2.45, 2.75) is 19.3 Å². The molecule has 0 spiro atoms. The van der Waals surface area contributed by atoms with E-state index in [0.717, 1.165) is 22.8 Å².